The van der Waals surface area contributed by atoms with Gasteiger partial charge in [-0.25, -0.2) is 0 Å². The molecule has 0 spiro atoms. The van der Waals surface area contributed by atoms with Crippen molar-refractivity contribution >= 4 is 29.1 Å². The number of furan rings is 1. The molecule has 2 aliphatic heterocycles. The average Bonchev–Trinajstić information content (AvgIpc) is 3.38. The van der Waals surface area contributed by atoms with Gasteiger partial charge < -0.3 is 19.0 Å². The summed E-state index contributed by atoms with van der Waals surface area (Å²) in [5, 5.41) is 0.968. The zero-order valence-electron chi connectivity index (χ0n) is 14.6. The van der Waals surface area contributed by atoms with E-state index < -0.39 is 6.04 Å². The lowest BCUT2D eigenvalue weighted by atomic mass is 10.1. The van der Waals surface area contributed by atoms with Crippen LogP contribution in [0.25, 0.3) is 11.0 Å². The van der Waals surface area contributed by atoms with E-state index in [4.69, 9.17) is 4.42 Å². The van der Waals surface area contributed by atoms with Gasteiger partial charge in [-0.2, -0.15) is 0 Å². The first-order chi connectivity index (χ1) is 12.7. The fourth-order valence-corrected chi connectivity index (χ4v) is 4.10. The summed E-state index contributed by atoms with van der Waals surface area (Å²) < 4.78 is 5.74. The Kier molecular flexibility index (Phi) is 4.49. The van der Waals surface area contributed by atoms with E-state index in [0.717, 1.165) is 36.5 Å². The van der Waals surface area contributed by atoms with Crippen molar-refractivity contribution in [2.45, 2.75) is 44.2 Å². The summed E-state index contributed by atoms with van der Waals surface area (Å²) in [7, 11) is 0. The molecule has 1 aromatic heterocycles. The molecule has 2 fully saturated rings. The molecule has 2 aliphatic rings. The standard InChI is InChI=1S/C20H22N2O4/c23-13-15-6-3-9-21(15)20(25)17-7-4-10-22(17)19(24)12-16-11-14-5-1-2-8-18(14)26-16/h1-2,5,8,11,13,15,17H,3-4,6-7,9-10,12H2/t15-,17-/m0/s1. The van der Waals surface area contributed by atoms with E-state index in [-0.39, 0.29) is 24.3 Å². The molecule has 136 valence electrons. The van der Waals surface area contributed by atoms with Crippen molar-refractivity contribution in [1.29, 1.82) is 0 Å². The first-order valence-electron chi connectivity index (χ1n) is 9.20. The summed E-state index contributed by atoms with van der Waals surface area (Å²) in [6.45, 7) is 1.18. The second kappa shape index (κ2) is 6.94. The van der Waals surface area contributed by atoms with Gasteiger partial charge in [0.2, 0.25) is 11.8 Å². The maximum Gasteiger partial charge on any atom is 0.245 e. The third-order valence-corrected chi connectivity index (χ3v) is 5.40. The molecule has 1 aromatic carbocycles. The normalized spacial score (nSPS) is 22.9. The highest BCUT2D eigenvalue weighted by Gasteiger charge is 2.39. The van der Waals surface area contributed by atoms with Gasteiger partial charge in [0, 0.05) is 18.5 Å². The number of hydrogen-bond donors (Lipinski definition) is 0. The Morgan fingerprint density at radius 3 is 2.69 bits per heavy atom. The van der Waals surface area contributed by atoms with E-state index in [2.05, 4.69) is 0 Å². The summed E-state index contributed by atoms with van der Waals surface area (Å²) in [6.07, 6.45) is 4.02. The molecule has 4 rings (SSSR count). The van der Waals surface area contributed by atoms with Crippen molar-refractivity contribution in [1.82, 2.24) is 9.80 Å². The number of carbonyl (C=O) groups is 3. The number of likely N-dealkylation sites (tertiary alicyclic amines) is 2. The average molecular weight is 354 g/mol. The number of aldehydes is 1. The second-order valence-electron chi connectivity index (χ2n) is 7.05. The predicted molar refractivity (Wildman–Crippen MR) is 95.5 cm³/mol. The van der Waals surface area contributed by atoms with Crippen molar-refractivity contribution in [2.75, 3.05) is 13.1 Å². The molecular weight excluding hydrogens is 332 g/mol. The Hall–Kier alpha value is -2.63. The Morgan fingerprint density at radius 1 is 1.12 bits per heavy atom. The van der Waals surface area contributed by atoms with Gasteiger partial charge in [-0.15, -0.1) is 0 Å². The Labute approximate surface area is 151 Å². The van der Waals surface area contributed by atoms with Crippen LogP contribution < -0.4 is 0 Å². The minimum absolute atomic E-state index is 0.0879. The van der Waals surface area contributed by atoms with Crippen molar-refractivity contribution in [2.24, 2.45) is 0 Å². The SMILES string of the molecule is O=C[C@@H]1CCCN1C(=O)[C@@H]1CCCN1C(=O)Cc1cc2ccccc2o1. The van der Waals surface area contributed by atoms with Gasteiger partial charge >= 0.3 is 0 Å². The van der Waals surface area contributed by atoms with Gasteiger partial charge in [0.1, 0.15) is 23.7 Å². The van der Waals surface area contributed by atoms with Gasteiger partial charge in [-0.05, 0) is 37.8 Å². The molecular formula is C20H22N2O4. The van der Waals surface area contributed by atoms with Crippen LogP contribution in [0, 0.1) is 0 Å². The van der Waals surface area contributed by atoms with Crippen molar-refractivity contribution in [3.63, 3.8) is 0 Å². The molecule has 2 amide bonds. The molecule has 6 heteroatoms. The zero-order valence-corrected chi connectivity index (χ0v) is 14.6. The number of nitrogens with zero attached hydrogens (tertiary/aromatic N) is 2. The molecule has 0 bridgehead atoms. The largest absolute Gasteiger partial charge is 0.461 e. The van der Waals surface area contributed by atoms with E-state index in [1.54, 1.807) is 9.80 Å². The molecule has 0 radical (unpaired) electrons. The van der Waals surface area contributed by atoms with Gasteiger partial charge in [-0.3, -0.25) is 9.59 Å². The van der Waals surface area contributed by atoms with Gasteiger partial charge in [-0.1, -0.05) is 18.2 Å². The predicted octanol–water partition coefficient (Wildman–Crippen LogP) is 2.16. The van der Waals surface area contributed by atoms with Gasteiger partial charge in [0.25, 0.3) is 0 Å². The maximum absolute atomic E-state index is 12.9. The van der Waals surface area contributed by atoms with Crippen molar-refractivity contribution in [3.05, 3.63) is 36.1 Å². The fraction of sp³-hybridized carbons (Fsp3) is 0.450. The highest BCUT2D eigenvalue weighted by atomic mass is 16.3. The fourth-order valence-electron chi connectivity index (χ4n) is 4.10. The van der Waals surface area contributed by atoms with Crippen LogP contribution in [0.5, 0.6) is 0 Å². The number of fused-ring (bicyclic) bond motifs is 1. The molecule has 2 aromatic rings. The molecule has 0 saturated carbocycles. The van der Waals surface area contributed by atoms with Crippen molar-refractivity contribution in [3.8, 4) is 0 Å². The quantitative estimate of drug-likeness (QED) is 0.789. The minimum atomic E-state index is -0.451. The van der Waals surface area contributed by atoms with E-state index in [1.807, 2.05) is 30.3 Å². The third kappa shape index (κ3) is 3.00. The van der Waals surface area contributed by atoms with Crippen LogP contribution in [0.2, 0.25) is 0 Å². The van der Waals surface area contributed by atoms with Crippen LogP contribution in [0.3, 0.4) is 0 Å². The van der Waals surface area contributed by atoms with Gasteiger partial charge in [0.15, 0.2) is 0 Å². The van der Waals surface area contributed by atoms with E-state index >= 15 is 0 Å². The molecule has 2 atom stereocenters. The third-order valence-electron chi connectivity index (χ3n) is 5.40. The molecule has 0 unspecified atom stereocenters. The summed E-state index contributed by atoms with van der Waals surface area (Å²) in [6, 6.07) is 8.73. The lowest BCUT2D eigenvalue weighted by molar-refractivity contribution is -0.144. The minimum Gasteiger partial charge on any atom is -0.461 e. The number of carbonyl (C=O) groups excluding carboxylic acids is 3. The Balaban J connectivity index is 1.47. The summed E-state index contributed by atoms with van der Waals surface area (Å²) >= 11 is 0. The molecule has 6 nitrogen and oxygen atoms in total. The smallest absolute Gasteiger partial charge is 0.245 e. The van der Waals surface area contributed by atoms with Crippen molar-refractivity contribution < 1.29 is 18.8 Å². The van der Waals surface area contributed by atoms with Crippen LogP contribution in [0.15, 0.2) is 34.7 Å². The maximum atomic E-state index is 12.9. The molecule has 0 N–H and O–H groups in total. The van der Waals surface area contributed by atoms with Crippen LogP contribution in [-0.2, 0) is 20.8 Å². The summed E-state index contributed by atoms with van der Waals surface area (Å²) in [5.74, 6) is 0.429. The first kappa shape index (κ1) is 16.8. The lowest BCUT2D eigenvalue weighted by Gasteiger charge is -2.29. The van der Waals surface area contributed by atoms with Crippen LogP contribution in [0.4, 0.5) is 0 Å². The summed E-state index contributed by atoms with van der Waals surface area (Å²) in [5.41, 5.74) is 0.759. The molecule has 0 aliphatic carbocycles. The van der Waals surface area contributed by atoms with Crippen LogP contribution in [0.1, 0.15) is 31.4 Å². The van der Waals surface area contributed by atoms with E-state index in [1.165, 1.54) is 0 Å². The monoisotopic (exact) mass is 354 g/mol. The highest BCUT2D eigenvalue weighted by Crippen LogP contribution is 2.26. The second-order valence-corrected chi connectivity index (χ2v) is 7.05. The Bertz CT molecular complexity index is 810. The molecule has 26 heavy (non-hydrogen) atoms. The van der Waals surface area contributed by atoms with Crippen LogP contribution in [-0.4, -0.2) is 53.1 Å². The lowest BCUT2D eigenvalue weighted by Crippen LogP contribution is -2.49. The number of amides is 2. The summed E-state index contributed by atoms with van der Waals surface area (Å²) in [4.78, 5) is 40.2. The number of benzene rings is 1. The Morgan fingerprint density at radius 2 is 1.88 bits per heavy atom. The zero-order chi connectivity index (χ0) is 18.1. The first-order valence-corrected chi connectivity index (χ1v) is 9.20. The molecule has 3 heterocycles. The van der Waals surface area contributed by atoms with Gasteiger partial charge in [0.05, 0.1) is 12.5 Å². The van der Waals surface area contributed by atoms with E-state index in [0.29, 0.717) is 25.3 Å². The highest BCUT2D eigenvalue weighted by molar-refractivity contribution is 5.91. The van der Waals surface area contributed by atoms with E-state index in [9.17, 15) is 14.4 Å². The number of rotatable bonds is 4. The number of para-hydroxylation sites is 1. The number of hydrogen-bond acceptors (Lipinski definition) is 4. The van der Waals surface area contributed by atoms with Crippen LogP contribution >= 0.6 is 0 Å². The molecule has 2 saturated heterocycles. The topological polar surface area (TPSA) is 70.8 Å².